The van der Waals surface area contributed by atoms with Crippen LogP contribution < -0.4 is 4.90 Å². The Morgan fingerprint density at radius 2 is 2.05 bits per heavy atom. The van der Waals surface area contributed by atoms with Crippen molar-refractivity contribution < 1.29 is 4.39 Å². The molecule has 0 spiro atoms. The fourth-order valence-corrected chi connectivity index (χ4v) is 2.90. The van der Waals surface area contributed by atoms with E-state index >= 15 is 0 Å². The fourth-order valence-electron chi connectivity index (χ4n) is 2.90. The Balaban J connectivity index is 2.04. The molecular formula is C17H19FN2. The van der Waals surface area contributed by atoms with Crippen molar-refractivity contribution in [3.05, 3.63) is 48.2 Å². The molecule has 0 unspecified atom stereocenters. The summed E-state index contributed by atoms with van der Waals surface area (Å²) in [5, 5.41) is 0. The van der Waals surface area contributed by atoms with Crippen LogP contribution in [0.4, 0.5) is 10.2 Å². The molecule has 1 aliphatic rings. The van der Waals surface area contributed by atoms with Crippen molar-refractivity contribution in [3.8, 4) is 11.1 Å². The summed E-state index contributed by atoms with van der Waals surface area (Å²) in [6.07, 6.45) is 2.63. The van der Waals surface area contributed by atoms with Crippen molar-refractivity contribution in [1.29, 1.82) is 0 Å². The van der Waals surface area contributed by atoms with Crippen molar-refractivity contribution in [2.45, 2.75) is 25.9 Å². The standard InChI is InChI=1S/C17H19FN2/c1-2-15-16(13-6-4-3-5-7-13)8-10-19-17(15)20-11-9-14(18)12-20/h3-8,10,14H,2,9,11-12H2,1H3/t14-/m1/s1. The van der Waals surface area contributed by atoms with E-state index in [0.29, 0.717) is 13.0 Å². The minimum absolute atomic E-state index is 0.470. The lowest BCUT2D eigenvalue weighted by atomic mass is 9.99. The molecule has 2 heterocycles. The molecule has 3 rings (SSSR count). The Kier molecular flexibility index (Phi) is 3.68. The molecule has 0 bridgehead atoms. The quantitative estimate of drug-likeness (QED) is 0.842. The molecule has 1 atom stereocenters. The van der Waals surface area contributed by atoms with Crippen molar-refractivity contribution >= 4 is 5.82 Å². The lowest BCUT2D eigenvalue weighted by Gasteiger charge is -2.21. The van der Waals surface area contributed by atoms with E-state index < -0.39 is 6.17 Å². The maximum absolute atomic E-state index is 13.4. The predicted octanol–water partition coefficient (Wildman–Crippen LogP) is 3.86. The minimum Gasteiger partial charge on any atom is -0.353 e. The maximum atomic E-state index is 13.4. The number of hydrogen-bond donors (Lipinski definition) is 0. The molecule has 1 fully saturated rings. The molecule has 104 valence electrons. The Bertz CT molecular complexity index is 583. The van der Waals surface area contributed by atoms with Crippen LogP contribution in [0.3, 0.4) is 0 Å². The number of anilines is 1. The van der Waals surface area contributed by atoms with Gasteiger partial charge in [0, 0.05) is 18.3 Å². The summed E-state index contributed by atoms with van der Waals surface area (Å²) in [6.45, 7) is 3.37. The molecule has 0 saturated carbocycles. The van der Waals surface area contributed by atoms with Gasteiger partial charge in [0.05, 0.1) is 6.54 Å². The fraction of sp³-hybridized carbons (Fsp3) is 0.353. The highest BCUT2D eigenvalue weighted by molar-refractivity contribution is 5.72. The summed E-state index contributed by atoms with van der Waals surface area (Å²) in [7, 11) is 0. The van der Waals surface area contributed by atoms with Crippen molar-refractivity contribution in [3.63, 3.8) is 0 Å². The summed E-state index contributed by atoms with van der Waals surface area (Å²) < 4.78 is 13.4. The van der Waals surface area contributed by atoms with Crippen molar-refractivity contribution in [2.75, 3.05) is 18.0 Å². The van der Waals surface area contributed by atoms with Crippen LogP contribution in [0.25, 0.3) is 11.1 Å². The third kappa shape index (κ3) is 2.40. The third-order valence-corrected chi connectivity index (χ3v) is 3.90. The van der Waals surface area contributed by atoms with Gasteiger partial charge in [-0.2, -0.15) is 0 Å². The topological polar surface area (TPSA) is 16.1 Å². The average Bonchev–Trinajstić information content (AvgIpc) is 2.93. The van der Waals surface area contributed by atoms with Gasteiger partial charge < -0.3 is 4.90 Å². The van der Waals surface area contributed by atoms with E-state index in [2.05, 4.69) is 35.0 Å². The van der Waals surface area contributed by atoms with Crippen LogP contribution in [0.15, 0.2) is 42.6 Å². The van der Waals surface area contributed by atoms with Crippen LogP contribution >= 0.6 is 0 Å². The van der Waals surface area contributed by atoms with Crippen molar-refractivity contribution in [1.82, 2.24) is 4.98 Å². The highest BCUT2D eigenvalue weighted by Crippen LogP contribution is 2.32. The van der Waals surface area contributed by atoms with E-state index in [9.17, 15) is 4.39 Å². The van der Waals surface area contributed by atoms with Crippen LogP contribution in [0, 0.1) is 0 Å². The highest BCUT2D eigenvalue weighted by Gasteiger charge is 2.25. The Hall–Kier alpha value is -1.90. The van der Waals surface area contributed by atoms with Crippen LogP contribution in [0.2, 0.25) is 0 Å². The number of pyridine rings is 1. The van der Waals surface area contributed by atoms with Gasteiger partial charge in [0.1, 0.15) is 12.0 Å². The van der Waals surface area contributed by atoms with E-state index in [1.165, 1.54) is 16.7 Å². The lowest BCUT2D eigenvalue weighted by molar-refractivity contribution is 0.364. The van der Waals surface area contributed by atoms with Gasteiger partial charge in [-0.25, -0.2) is 9.37 Å². The number of hydrogen-bond acceptors (Lipinski definition) is 2. The van der Waals surface area contributed by atoms with Gasteiger partial charge in [0.2, 0.25) is 0 Å². The molecule has 1 saturated heterocycles. The molecular weight excluding hydrogens is 251 g/mol. The average molecular weight is 270 g/mol. The Morgan fingerprint density at radius 3 is 2.70 bits per heavy atom. The molecule has 3 heteroatoms. The molecule has 0 N–H and O–H groups in total. The number of halogens is 1. The zero-order valence-corrected chi connectivity index (χ0v) is 11.7. The number of rotatable bonds is 3. The second-order valence-electron chi connectivity index (χ2n) is 5.21. The molecule has 1 aromatic carbocycles. The van der Waals surface area contributed by atoms with Crippen molar-refractivity contribution in [2.24, 2.45) is 0 Å². The van der Waals surface area contributed by atoms with Gasteiger partial charge in [0.15, 0.2) is 0 Å². The first-order valence-electron chi connectivity index (χ1n) is 7.22. The van der Waals surface area contributed by atoms with Crippen LogP contribution in [0.1, 0.15) is 18.9 Å². The molecule has 20 heavy (non-hydrogen) atoms. The zero-order chi connectivity index (χ0) is 13.9. The summed E-state index contributed by atoms with van der Waals surface area (Å²) >= 11 is 0. The van der Waals surface area contributed by atoms with E-state index in [0.717, 1.165) is 18.8 Å². The maximum Gasteiger partial charge on any atom is 0.132 e. The second kappa shape index (κ2) is 5.61. The first kappa shape index (κ1) is 13.1. The first-order chi connectivity index (χ1) is 9.79. The SMILES string of the molecule is CCc1c(-c2ccccc2)ccnc1N1CC[C@@H](F)C1. The lowest BCUT2D eigenvalue weighted by Crippen LogP contribution is -2.22. The normalized spacial score (nSPS) is 18.5. The number of benzene rings is 1. The Morgan fingerprint density at radius 1 is 1.25 bits per heavy atom. The molecule has 1 aromatic heterocycles. The van der Waals surface area contributed by atoms with Gasteiger partial charge in [-0.3, -0.25) is 0 Å². The summed E-state index contributed by atoms with van der Waals surface area (Å²) in [5.74, 6) is 0.953. The number of aromatic nitrogens is 1. The van der Waals surface area contributed by atoms with E-state index in [1.54, 1.807) is 0 Å². The summed E-state index contributed by atoms with van der Waals surface area (Å²) in [5.41, 5.74) is 3.62. The van der Waals surface area contributed by atoms with Crippen LogP contribution in [-0.2, 0) is 6.42 Å². The monoisotopic (exact) mass is 270 g/mol. The molecule has 2 aromatic rings. The van der Waals surface area contributed by atoms with Gasteiger partial charge in [-0.05, 0) is 30.0 Å². The summed E-state index contributed by atoms with van der Waals surface area (Å²) in [4.78, 5) is 6.59. The van der Waals surface area contributed by atoms with Crippen LogP contribution in [0.5, 0.6) is 0 Å². The molecule has 0 radical (unpaired) electrons. The minimum atomic E-state index is -0.720. The summed E-state index contributed by atoms with van der Waals surface area (Å²) in [6, 6.07) is 12.4. The predicted molar refractivity (Wildman–Crippen MR) is 80.8 cm³/mol. The largest absolute Gasteiger partial charge is 0.353 e. The zero-order valence-electron chi connectivity index (χ0n) is 11.7. The first-order valence-corrected chi connectivity index (χ1v) is 7.22. The van der Waals surface area contributed by atoms with E-state index in [-0.39, 0.29) is 0 Å². The molecule has 0 amide bonds. The molecule has 1 aliphatic heterocycles. The Labute approximate surface area is 119 Å². The third-order valence-electron chi connectivity index (χ3n) is 3.90. The number of alkyl halides is 1. The van der Waals surface area contributed by atoms with Gasteiger partial charge in [-0.1, -0.05) is 37.3 Å². The number of nitrogens with zero attached hydrogens (tertiary/aromatic N) is 2. The van der Waals surface area contributed by atoms with E-state index in [1.807, 2.05) is 24.4 Å². The second-order valence-corrected chi connectivity index (χ2v) is 5.21. The van der Waals surface area contributed by atoms with Gasteiger partial charge in [0.25, 0.3) is 0 Å². The smallest absolute Gasteiger partial charge is 0.132 e. The highest BCUT2D eigenvalue weighted by atomic mass is 19.1. The van der Waals surface area contributed by atoms with Gasteiger partial charge in [-0.15, -0.1) is 0 Å². The van der Waals surface area contributed by atoms with Crippen LogP contribution in [-0.4, -0.2) is 24.2 Å². The molecule has 0 aliphatic carbocycles. The van der Waals surface area contributed by atoms with Gasteiger partial charge >= 0.3 is 0 Å². The van der Waals surface area contributed by atoms with E-state index in [4.69, 9.17) is 0 Å². The molecule has 2 nitrogen and oxygen atoms in total.